The molecular formula is C19H17F3N6O2. The Kier molecular flexibility index (Phi) is 4.09. The van der Waals surface area contributed by atoms with Gasteiger partial charge in [-0.15, -0.1) is 0 Å². The van der Waals surface area contributed by atoms with Crippen molar-refractivity contribution in [2.24, 2.45) is 5.92 Å². The standard InChI is InChI=1S/C19H17F3N6O2/c1-27-15(29)8-30-13-4-11(6-23-17(13)27)25-14-5-12(19(20,21)22)16-18(26-14)28(9-24-16)7-10-2-3-10/h4-6,9-10H,2-3,7-8H2,1H3,(H,25,26). The maximum absolute atomic E-state index is 13.7. The number of carbonyl (C=O) groups excluding carboxylic acids is 1. The van der Waals surface area contributed by atoms with E-state index in [0.717, 1.165) is 18.9 Å². The predicted molar refractivity (Wildman–Crippen MR) is 102 cm³/mol. The average molecular weight is 418 g/mol. The van der Waals surface area contributed by atoms with E-state index in [9.17, 15) is 18.0 Å². The maximum atomic E-state index is 13.7. The molecule has 3 aromatic rings. The summed E-state index contributed by atoms with van der Waals surface area (Å²) < 4.78 is 48.0. The summed E-state index contributed by atoms with van der Waals surface area (Å²) in [6.45, 7) is 0.469. The minimum absolute atomic E-state index is 0.0226. The van der Waals surface area contributed by atoms with Gasteiger partial charge in [-0.3, -0.25) is 9.69 Å². The molecule has 1 aliphatic carbocycles. The van der Waals surface area contributed by atoms with Gasteiger partial charge in [-0.05, 0) is 24.8 Å². The quantitative estimate of drug-likeness (QED) is 0.700. The number of ether oxygens (including phenoxy) is 1. The zero-order chi connectivity index (χ0) is 21.0. The Labute approximate surface area is 168 Å². The topological polar surface area (TPSA) is 85.2 Å². The molecular weight excluding hydrogens is 401 g/mol. The largest absolute Gasteiger partial charge is 0.480 e. The second-order valence-corrected chi connectivity index (χ2v) is 7.48. The highest BCUT2D eigenvalue weighted by molar-refractivity contribution is 5.96. The lowest BCUT2D eigenvalue weighted by Gasteiger charge is -2.25. The molecule has 8 nitrogen and oxygen atoms in total. The first kappa shape index (κ1) is 18.6. The molecule has 2 aliphatic rings. The van der Waals surface area contributed by atoms with E-state index < -0.39 is 11.7 Å². The number of likely N-dealkylation sites (N-methyl/N-ethyl adjacent to an activating group) is 1. The number of aromatic nitrogens is 4. The molecule has 1 N–H and O–H groups in total. The molecule has 0 unspecified atom stereocenters. The molecule has 1 aliphatic heterocycles. The molecule has 156 valence electrons. The van der Waals surface area contributed by atoms with Gasteiger partial charge in [-0.1, -0.05) is 0 Å². The molecule has 4 heterocycles. The first-order valence-corrected chi connectivity index (χ1v) is 9.39. The van der Waals surface area contributed by atoms with Crippen LogP contribution in [0.1, 0.15) is 18.4 Å². The van der Waals surface area contributed by atoms with E-state index in [1.165, 1.54) is 17.4 Å². The molecule has 5 rings (SSSR count). The van der Waals surface area contributed by atoms with Crippen LogP contribution < -0.4 is 15.0 Å². The van der Waals surface area contributed by atoms with Crippen molar-refractivity contribution in [1.82, 2.24) is 19.5 Å². The fourth-order valence-corrected chi connectivity index (χ4v) is 3.39. The highest BCUT2D eigenvalue weighted by atomic mass is 19.4. The number of hydrogen-bond acceptors (Lipinski definition) is 6. The Morgan fingerprint density at radius 2 is 2.07 bits per heavy atom. The van der Waals surface area contributed by atoms with Gasteiger partial charge in [0.25, 0.3) is 5.91 Å². The van der Waals surface area contributed by atoms with E-state index in [-0.39, 0.29) is 29.5 Å². The van der Waals surface area contributed by atoms with E-state index in [4.69, 9.17) is 4.74 Å². The van der Waals surface area contributed by atoms with Crippen molar-refractivity contribution in [3.05, 3.63) is 30.2 Å². The molecule has 1 saturated carbocycles. The lowest BCUT2D eigenvalue weighted by atomic mass is 10.2. The maximum Gasteiger partial charge on any atom is 0.418 e. The van der Waals surface area contributed by atoms with Crippen LogP contribution in [0, 0.1) is 5.92 Å². The number of amides is 1. The van der Waals surface area contributed by atoms with Crippen molar-refractivity contribution < 1.29 is 22.7 Å². The molecule has 0 aromatic carbocycles. The Balaban J connectivity index is 1.53. The number of rotatable bonds is 4. The summed E-state index contributed by atoms with van der Waals surface area (Å²) in [6.07, 6.45) is 0.369. The summed E-state index contributed by atoms with van der Waals surface area (Å²) in [6, 6.07) is 2.51. The van der Waals surface area contributed by atoms with Crippen LogP contribution in [0.4, 0.5) is 30.5 Å². The number of fused-ring (bicyclic) bond motifs is 2. The molecule has 30 heavy (non-hydrogen) atoms. The van der Waals surface area contributed by atoms with Gasteiger partial charge in [0.05, 0.1) is 23.8 Å². The van der Waals surface area contributed by atoms with Gasteiger partial charge in [0, 0.05) is 19.7 Å². The lowest BCUT2D eigenvalue weighted by molar-refractivity contribution is -0.136. The van der Waals surface area contributed by atoms with E-state index in [1.807, 2.05) is 0 Å². The minimum Gasteiger partial charge on any atom is -0.480 e. The van der Waals surface area contributed by atoms with Crippen molar-refractivity contribution in [2.45, 2.75) is 25.6 Å². The normalized spacial score (nSPS) is 16.5. The smallest absolute Gasteiger partial charge is 0.418 e. The van der Waals surface area contributed by atoms with Crippen molar-refractivity contribution in [3.63, 3.8) is 0 Å². The zero-order valence-corrected chi connectivity index (χ0v) is 15.9. The summed E-state index contributed by atoms with van der Waals surface area (Å²) in [5.41, 5.74) is -0.436. The summed E-state index contributed by atoms with van der Waals surface area (Å²) in [5.74, 6) is 0.949. The molecule has 1 amide bonds. The van der Waals surface area contributed by atoms with Crippen LogP contribution in [0.15, 0.2) is 24.7 Å². The van der Waals surface area contributed by atoms with Gasteiger partial charge in [0.1, 0.15) is 11.3 Å². The second-order valence-electron chi connectivity index (χ2n) is 7.48. The number of hydrogen-bond donors (Lipinski definition) is 1. The number of nitrogens with one attached hydrogen (secondary N) is 1. The summed E-state index contributed by atoms with van der Waals surface area (Å²) in [4.78, 5) is 25.6. The predicted octanol–water partition coefficient (Wildman–Crippen LogP) is 3.35. The van der Waals surface area contributed by atoms with Crippen molar-refractivity contribution >= 4 is 34.4 Å². The van der Waals surface area contributed by atoms with E-state index >= 15 is 0 Å². The molecule has 0 atom stereocenters. The van der Waals surface area contributed by atoms with E-state index in [2.05, 4.69) is 20.3 Å². The molecule has 0 radical (unpaired) electrons. The Bertz CT molecular complexity index is 1160. The molecule has 0 spiro atoms. The van der Waals surface area contributed by atoms with Crippen LogP contribution in [0.3, 0.4) is 0 Å². The lowest BCUT2D eigenvalue weighted by Crippen LogP contribution is -2.36. The third-order valence-corrected chi connectivity index (χ3v) is 5.18. The summed E-state index contributed by atoms with van der Waals surface area (Å²) >= 11 is 0. The minimum atomic E-state index is -4.57. The molecule has 0 saturated heterocycles. The second kappa shape index (κ2) is 6.57. The fourth-order valence-electron chi connectivity index (χ4n) is 3.39. The zero-order valence-electron chi connectivity index (χ0n) is 15.9. The highest BCUT2D eigenvalue weighted by Gasteiger charge is 2.35. The number of carbonyl (C=O) groups is 1. The fraction of sp³-hybridized carbons (Fsp3) is 0.368. The van der Waals surface area contributed by atoms with E-state index in [1.54, 1.807) is 17.7 Å². The van der Waals surface area contributed by atoms with Crippen LogP contribution in [0.2, 0.25) is 0 Å². The van der Waals surface area contributed by atoms with Gasteiger partial charge >= 0.3 is 6.18 Å². The number of alkyl halides is 3. The summed E-state index contributed by atoms with van der Waals surface area (Å²) in [7, 11) is 1.58. The Morgan fingerprint density at radius 3 is 2.80 bits per heavy atom. The van der Waals surface area contributed by atoms with Gasteiger partial charge in [0.2, 0.25) is 0 Å². The van der Waals surface area contributed by atoms with Gasteiger partial charge < -0.3 is 14.6 Å². The first-order valence-electron chi connectivity index (χ1n) is 9.39. The summed E-state index contributed by atoms with van der Waals surface area (Å²) in [5, 5.41) is 2.87. The first-order chi connectivity index (χ1) is 14.3. The number of imidazole rings is 1. The monoisotopic (exact) mass is 418 g/mol. The van der Waals surface area contributed by atoms with Crippen molar-refractivity contribution in [3.8, 4) is 5.75 Å². The van der Waals surface area contributed by atoms with Gasteiger partial charge in [-0.2, -0.15) is 13.2 Å². The number of halogens is 3. The number of anilines is 3. The van der Waals surface area contributed by atoms with Crippen LogP contribution in [0.25, 0.3) is 11.2 Å². The van der Waals surface area contributed by atoms with Gasteiger partial charge in [-0.25, -0.2) is 15.0 Å². The van der Waals surface area contributed by atoms with Crippen LogP contribution in [-0.4, -0.2) is 39.1 Å². The molecule has 1 fully saturated rings. The highest BCUT2D eigenvalue weighted by Crippen LogP contribution is 2.38. The molecule has 3 aromatic heterocycles. The van der Waals surface area contributed by atoms with Crippen LogP contribution in [-0.2, 0) is 17.5 Å². The van der Waals surface area contributed by atoms with Crippen molar-refractivity contribution in [2.75, 3.05) is 23.9 Å². The van der Waals surface area contributed by atoms with Crippen LogP contribution in [0.5, 0.6) is 5.75 Å². The Morgan fingerprint density at radius 1 is 1.27 bits per heavy atom. The van der Waals surface area contributed by atoms with Gasteiger partial charge in [0.15, 0.2) is 23.8 Å². The van der Waals surface area contributed by atoms with Crippen LogP contribution >= 0.6 is 0 Å². The number of nitrogens with zero attached hydrogens (tertiary/aromatic N) is 5. The number of pyridine rings is 2. The molecule has 11 heteroatoms. The molecule has 0 bridgehead atoms. The van der Waals surface area contributed by atoms with Crippen molar-refractivity contribution in [1.29, 1.82) is 0 Å². The van der Waals surface area contributed by atoms with E-state index in [0.29, 0.717) is 29.7 Å². The third-order valence-electron chi connectivity index (χ3n) is 5.18. The third kappa shape index (κ3) is 3.29. The average Bonchev–Trinajstić information content (AvgIpc) is 3.43. The Hall–Kier alpha value is -3.37. The SMILES string of the molecule is CN1C(=O)COc2cc(Nc3cc(C(F)(F)F)c4ncn(CC5CC5)c4n3)cnc21.